The summed E-state index contributed by atoms with van der Waals surface area (Å²) < 4.78 is 16.2. The lowest BCUT2D eigenvalue weighted by atomic mass is 9.79. The molecule has 0 heterocycles. The minimum atomic E-state index is -0.336. The molecule has 0 aromatic rings. The van der Waals surface area contributed by atoms with Crippen molar-refractivity contribution in [3.05, 3.63) is 0 Å². The number of carbonyl (C=O) groups is 2. The number of hydrogen-bond acceptors (Lipinski definition) is 5. The number of rotatable bonds is 22. The third kappa shape index (κ3) is 16.3. The van der Waals surface area contributed by atoms with Crippen LogP contribution in [0.25, 0.3) is 0 Å². The molecule has 1 aliphatic carbocycles. The first-order chi connectivity index (χ1) is 17.1. The Morgan fingerprint density at radius 3 is 1.57 bits per heavy atom. The molecular weight excluding hydrogens is 440 g/mol. The van der Waals surface area contributed by atoms with E-state index in [0.717, 1.165) is 58.0 Å². The van der Waals surface area contributed by atoms with E-state index in [2.05, 4.69) is 13.8 Å². The lowest BCUT2D eigenvalue weighted by Gasteiger charge is -2.28. The van der Waals surface area contributed by atoms with Crippen LogP contribution in [0, 0.1) is 17.8 Å². The van der Waals surface area contributed by atoms with E-state index in [1.54, 1.807) is 7.11 Å². The average molecular weight is 497 g/mol. The van der Waals surface area contributed by atoms with Crippen molar-refractivity contribution in [2.45, 2.75) is 136 Å². The highest BCUT2D eigenvalue weighted by Gasteiger charge is 2.37. The molecule has 0 saturated heterocycles. The molecular formula is C30H56O5. The molecule has 0 aliphatic heterocycles. The zero-order valence-electron chi connectivity index (χ0n) is 23.3. The number of esters is 2. The summed E-state index contributed by atoms with van der Waals surface area (Å²) in [4.78, 5) is 25.3. The SMILES string of the molecule is CCCCCCCCCCCCCCCOC(=O)C1CCCCC1C(=O)OCCC(C)CCOC. The molecule has 0 N–H and O–H groups in total. The Labute approximate surface area is 216 Å². The highest BCUT2D eigenvalue weighted by atomic mass is 16.5. The lowest BCUT2D eigenvalue weighted by Crippen LogP contribution is -2.35. The van der Waals surface area contributed by atoms with Crippen molar-refractivity contribution >= 4 is 11.9 Å². The molecule has 0 aromatic carbocycles. The Morgan fingerprint density at radius 1 is 0.657 bits per heavy atom. The molecule has 0 radical (unpaired) electrons. The molecule has 5 heteroatoms. The fourth-order valence-corrected chi connectivity index (χ4v) is 5.03. The molecule has 1 saturated carbocycles. The van der Waals surface area contributed by atoms with Crippen LogP contribution in [0.3, 0.4) is 0 Å². The van der Waals surface area contributed by atoms with Crippen molar-refractivity contribution in [2.75, 3.05) is 26.9 Å². The van der Waals surface area contributed by atoms with Crippen molar-refractivity contribution in [3.63, 3.8) is 0 Å². The van der Waals surface area contributed by atoms with Crippen LogP contribution in [0.15, 0.2) is 0 Å². The van der Waals surface area contributed by atoms with Gasteiger partial charge in [-0.2, -0.15) is 0 Å². The first kappa shape index (κ1) is 31.9. The van der Waals surface area contributed by atoms with Gasteiger partial charge in [0.1, 0.15) is 0 Å². The molecule has 0 amide bonds. The van der Waals surface area contributed by atoms with Crippen LogP contribution in [0.1, 0.15) is 136 Å². The molecule has 1 rings (SSSR count). The van der Waals surface area contributed by atoms with Gasteiger partial charge in [0.05, 0.1) is 25.0 Å². The lowest BCUT2D eigenvalue weighted by molar-refractivity contribution is -0.163. The Hall–Kier alpha value is -1.10. The maximum Gasteiger partial charge on any atom is 0.309 e. The van der Waals surface area contributed by atoms with E-state index in [-0.39, 0.29) is 23.8 Å². The maximum absolute atomic E-state index is 12.7. The zero-order chi connectivity index (χ0) is 25.6. The van der Waals surface area contributed by atoms with Gasteiger partial charge >= 0.3 is 11.9 Å². The quantitative estimate of drug-likeness (QED) is 0.112. The van der Waals surface area contributed by atoms with E-state index in [9.17, 15) is 9.59 Å². The van der Waals surface area contributed by atoms with Gasteiger partial charge in [-0.3, -0.25) is 9.59 Å². The van der Waals surface area contributed by atoms with Crippen molar-refractivity contribution in [3.8, 4) is 0 Å². The minimum absolute atomic E-state index is 0.195. The van der Waals surface area contributed by atoms with Crippen LogP contribution in [0.4, 0.5) is 0 Å². The fraction of sp³-hybridized carbons (Fsp3) is 0.933. The first-order valence-electron chi connectivity index (χ1n) is 14.9. The van der Waals surface area contributed by atoms with Crippen LogP contribution in [-0.4, -0.2) is 38.9 Å². The molecule has 0 spiro atoms. The van der Waals surface area contributed by atoms with Crippen molar-refractivity contribution < 1.29 is 23.8 Å². The smallest absolute Gasteiger partial charge is 0.309 e. The predicted octanol–water partition coefficient (Wildman–Crippen LogP) is 8.03. The van der Waals surface area contributed by atoms with Crippen molar-refractivity contribution in [2.24, 2.45) is 17.8 Å². The van der Waals surface area contributed by atoms with Gasteiger partial charge in [-0.25, -0.2) is 0 Å². The molecule has 3 unspecified atom stereocenters. The van der Waals surface area contributed by atoms with Crippen LogP contribution < -0.4 is 0 Å². The summed E-state index contributed by atoms with van der Waals surface area (Å²) in [5, 5.41) is 0. The molecule has 35 heavy (non-hydrogen) atoms. The number of hydrogen-bond donors (Lipinski definition) is 0. The summed E-state index contributed by atoms with van der Waals surface area (Å²) in [5.41, 5.74) is 0. The standard InChI is InChI=1S/C30H56O5/c1-4-5-6-7-8-9-10-11-12-13-14-15-18-23-34-29(31)27-19-16-17-20-28(27)30(32)35-25-22-26(2)21-24-33-3/h26-28H,4-25H2,1-3H3. The van der Waals surface area contributed by atoms with E-state index in [4.69, 9.17) is 14.2 Å². The number of unbranched alkanes of at least 4 members (excludes halogenated alkanes) is 12. The van der Waals surface area contributed by atoms with Crippen LogP contribution in [0.2, 0.25) is 0 Å². The Kier molecular flexibility index (Phi) is 20.2. The molecule has 1 aliphatic rings. The summed E-state index contributed by atoms with van der Waals surface area (Å²) in [6, 6.07) is 0. The van der Waals surface area contributed by atoms with Gasteiger partial charge in [-0.1, -0.05) is 104 Å². The average Bonchev–Trinajstić information content (AvgIpc) is 2.87. The van der Waals surface area contributed by atoms with Crippen molar-refractivity contribution in [1.82, 2.24) is 0 Å². The zero-order valence-corrected chi connectivity index (χ0v) is 23.3. The van der Waals surface area contributed by atoms with Gasteiger partial charge in [-0.15, -0.1) is 0 Å². The normalized spacial score (nSPS) is 18.8. The number of methoxy groups -OCH3 is 1. The second kappa shape index (κ2) is 22.1. The third-order valence-corrected chi connectivity index (χ3v) is 7.53. The maximum atomic E-state index is 12.7. The van der Waals surface area contributed by atoms with Gasteiger partial charge in [-0.05, 0) is 38.0 Å². The van der Waals surface area contributed by atoms with Gasteiger partial charge in [0.25, 0.3) is 0 Å². The molecule has 0 aromatic heterocycles. The van der Waals surface area contributed by atoms with Crippen LogP contribution in [-0.2, 0) is 23.8 Å². The van der Waals surface area contributed by atoms with Crippen molar-refractivity contribution in [1.29, 1.82) is 0 Å². The number of ether oxygens (including phenoxy) is 3. The molecule has 206 valence electrons. The van der Waals surface area contributed by atoms with Crippen LogP contribution in [0.5, 0.6) is 0 Å². The monoisotopic (exact) mass is 496 g/mol. The largest absolute Gasteiger partial charge is 0.465 e. The Morgan fingerprint density at radius 2 is 1.09 bits per heavy atom. The molecule has 3 atom stereocenters. The summed E-state index contributed by atoms with van der Waals surface area (Å²) in [5.74, 6) is -0.623. The summed E-state index contributed by atoms with van der Waals surface area (Å²) in [7, 11) is 1.70. The van der Waals surface area contributed by atoms with E-state index in [0.29, 0.717) is 19.1 Å². The van der Waals surface area contributed by atoms with Gasteiger partial charge in [0, 0.05) is 13.7 Å². The van der Waals surface area contributed by atoms with Gasteiger partial charge < -0.3 is 14.2 Å². The van der Waals surface area contributed by atoms with E-state index < -0.39 is 0 Å². The third-order valence-electron chi connectivity index (χ3n) is 7.53. The molecule has 0 bridgehead atoms. The highest BCUT2D eigenvalue weighted by molar-refractivity contribution is 5.82. The van der Waals surface area contributed by atoms with E-state index in [1.165, 1.54) is 70.6 Å². The summed E-state index contributed by atoms with van der Waals surface area (Å²) in [6.45, 7) is 6.03. The second-order valence-corrected chi connectivity index (χ2v) is 10.8. The first-order valence-corrected chi connectivity index (χ1v) is 14.9. The second-order valence-electron chi connectivity index (χ2n) is 10.8. The summed E-state index contributed by atoms with van der Waals surface area (Å²) in [6.07, 6.45) is 22.1. The Balaban J connectivity index is 2.09. The summed E-state index contributed by atoms with van der Waals surface area (Å²) >= 11 is 0. The molecule has 1 fully saturated rings. The fourth-order valence-electron chi connectivity index (χ4n) is 5.03. The Bertz CT molecular complexity index is 521. The van der Waals surface area contributed by atoms with E-state index in [1.807, 2.05) is 0 Å². The highest BCUT2D eigenvalue weighted by Crippen LogP contribution is 2.32. The minimum Gasteiger partial charge on any atom is -0.465 e. The topological polar surface area (TPSA) is 61.8 Å². The van der Waals surface area contributed by atoms with Gasteiger partial charge in [0.2, 0.25) is 0 Å². The van der Waals surface area contributed by atoms with E-state index >= 15 is 0 Å². The van der Waals surface area contributed by atoms with Gasteiger partial charge in [0.15, 0.2) is 0 Å². The number of carbonyl (C=O) groups excluding carboxylic acids is 2. The predicted molar refractivity (Wildman–Crippen MR) is 143 cm³/mol. The molecule has 5 nitrogen and oxygen atoms in total. The van der Waals surface area contributed by atoms with Crippen LogP contribution >= 0.6 is 0 Å².